The van der Waals surface area contributed by atoms with Gasteiger partial charge in [0.25, 0.3) is 0 Å². The van der Waals surface area contributed by atoms with Crippen LogP contribution >= 0.6 is 15.9 Å². The number of aliphatic hydroxyl groups is 1. The first kappa shape index (κ1) is 12.7. The zero-order valence-electron chi connectivity index (χ0n) is 9.00. The monoisotopic (exact) mass is 274 g/mol. The Morgan fingerprint density at radius 3 is 2.67 bits per heavy atom. The number of aliphatic hydroxyl groups excluding tert-OH is 1. The van der Waals surface area contributed by atoms with E-state index < -0.39 is 6.10 Å². The number of benzene rings is 1. The van der Waals surface area contributed by atoms with Crippen LogP contribution in [0.25, 0.3) is 0 Å². The van der Waals surface area contributed by atoms with Crippen LogP contribution in [0.15, 0.2) is 22.7 Å². The van der Waals surface area contributed by atoms with Gasteiger partial charge in [-0.25, -0.2) is 4.39 Å². The molecule has 0 amide bonds. The van der Waals surface area contributed by atoms with Gasteiger partial charge in [0, 0.05) is 10.9 Å². The smallest absolute Gasteiger partial charge is 0.126 e. The molecule has 0 saturated carbocycles. The van der Waals surface area contributed by atoms with E-state index in [0.29, 0.717) is 24.3 Å². The van der Waals surface area contributed by atoms with Gasteiger partial charge in [0.05, 0.1) is 6.10 Å². The van der Waals surface area contributed by atoms with E-state index in [4.69, 9.17) is 0 Å². The van der Waals surface area contributed by atoms with Crippen molar-refractivity contribution in [1.82, 2.24) is 0 Å². The third kappa shape index (κ3) is 4.31. The van der Waals surface area contributed by atoms with Gasteiger partial charge in [0.1, 0.15) is 5.82 Å². The Kier molecular flexibility index (Phi) is 4.74. The predicted molar refractivity (Wildman–Crippen MR) is 63.3 cm³/mol. The lowest BCUT2D eigenvalue weighted by molar-refractivity contribution is 0.148. The first-order chi connectivity index (χ1) is 6.99. The van der Waals surface area contributed by atoms with Gasteiger partial charge < -0.3 is 5.11 Å². The fourth-order valence-corrected chi connectivity index (χ4v) is 1.99. The van der Waals surface area contributed by atoms with E-state index in [1.54, 1.807) is 12.1 Å². The quantitative estimate of drug-likeness (QED) is 0.891. The molecular formula is C12H16BrFO. The van der Waals surface area contributed by atoms with E-state index in [9.17, 15) is 9.50 Å². The van der Waals surface area contributed by atoms with Crippen LogP contribution in [0, 0.1) is 11.7 Å². The van der Waals surface area contributed by atoms with Gasteiger partial charge in [-0.05, 0) is 36.1 Å². The molecule has 15 heavy (non-hydrogen) atoms. The lowest BCUT2D eigenvalue weighted by Gasteiger charge is -2.13. The van der Waals surface area contributed by atoms with Crippen molar-refractivity contribution in [3.63, 3.8) is 0 Å². The van der Waals surface area contributed by atoms with Crippen molar-refractivity contribution in [3.05, 3.63) is 34.1 Å². The highest BCUT2D eigenvalue weighted by Gasteiger charge is 2.11. The molecule has 0 fully saturated rings. The van der Waals surface area contributed by atoms with Gasteiger partial charge in [-0.3, -0.25) is 0 Å². The molecule has 1 N–H and O–H groups in total. The molecule has 0 bridgehead atoms. The van der Waals surface area contributed by atoms with Crippen molar-refractivity contribution in [2.45, 2.75) is 32.8 Å². The maximum absolute atomic E-state index is 13.3. The van der Waals surface area contributed by atoms with E-state index in [0.717, 1.165) is 4.47 Å². The van der Waals surface area contributed by atoms with Crippen molar-refractivity contribution in [2.75, 3.05) is 0 Å². The summed E-state index contributed by atoms with van der Waals surface area (Å²) < 4.78 is 14.2. The molecule has 1 aromatic rings. The molecule has 0 saturated heterocycles. The average molecular weight is 275 g/mol. The summed E-state index contributed by atoms with van der Waals surface area (Å²) in [7, 11) is 0. The van der Waals surface area contributed by atoms with E-state index in [-0.39, 0.29) is 5.82 Å². The molecule has 84 valence electrons. The average Bonchev–Trinajstić information content (AvgIpc) is 2.10. The molecule has 0 aliphatic heterocycles. The Hall–Kier alpha value is -0.410. The summed E-state index contributed by atoms with van der Waals surface area (Å²) in [6.07, 6.45) is 0.615. The molecule has 0 radical (unpaired) electrons. The second-order valence-electron chi connectivity index (χ2n) is 4.22. The SMILES string of the molecule is CC(C)CC(O)Cc1cc(Br)ccc1F. The molecule has 3 heteroatoms. The minimum atomic E-state index is -0.464. The zero-order valence-corrected chi connectivity index (χ0v) is 10.6. The predicted octanol–water partition coefficient (Wildman–Crippen LogP) is 3.54. The molecule has 0 aliphatic carbocycles. The highest BCUT2D eigenvalue weighted by molar-refractivity contribution is 9.10. The molecule has 0 aromatic heterocycles. The topological polar surface area (TPSA) is 20.2 Å². The van der Waals surface area contributed by atoms with Crippen LogP contribution in [0.1, 0.15) is 25.8 Å². The normalized spacial score (nSPS) is 13.2. The molecule has 0 heterocycles. The number of halogens is 2. The van der Waals surface area contributed by atoms with Crippen molar-refractivity contribution in [3.8, 4) is 0 Å². The first-order valence-corrected chi connectivity index (χ1v) is 5.90. The Balaban J connectivity index is 2.67. The van der Waals surface area contributed by atoms with Crippen molar-refractivity contribution >= 4 is 15.9 Å². The Morgan fingerprint density at radius 1 is 1.40 bits per heavy atom. The standard InChI is InChI=1S/C12H16BrFO/c1-8(2)5-11(15)7-9-6-10(13)3-4-12(9)14/h3-4,6,8,11,15H,5,7H2,1-2H3. The van der Waals surface area contributed by atoms with Crippen LogP contribution < -0.4 is 0 Å². The third-order valence-electron chi connectivity index (χ3n) is 2.21. The highest BCUT2D eigenvalue weighted by atomic mass is 79.9. The lowest BCUT2D eigenvalue weighted by atomic mass is 9.99. The second kappa shape index (κ2) is 5.61. The highest BCUT2D eigenvalue weighted by Crippen LogP contribution is 2.18. The largest absolute Gasteiger partial charge is 0.393 e. The van der Waals surface area contributed by atoms with Gasteiger partial charge in [0.2, 0.25) is 0 Å². The Morgan fingerprint density at radius 2 is 2.07 bits per heavy atom. The first-order valence-electron chi connectivity index (χ1n) is 5.11. The maximum Gasteiger partial charge on any atom is 0.126 e. The number of hydrogen-bond acceptors (Lipinski definition) is 1. The van der Waals surface area contributed by atoms with E-state index in [1.807, 2.05) is 13.8 Å². The van der Waals surface area contributed by atoms with Crippen LogP contribution in [-0.4, -0.2) is 11.2 Å². The van der Waals surface area contributed by atoms with E-state index >= 15 is 0 Å². The molecule has 1 nitrogen and oxygen atoms in total. The van der Waals surface area contributed by atoms with Gasteiger partial charge in [-0.15, -0.1) is 0 Å². The maximum atomic E-state index is 13.3. The summed E-state index contributed by atoms with van der Waals surface area (Å²) >= 11 is 3.29. The number of rotatable bonds is 4. The van der Waals surface area contributed by atoms with Crippen LogP contribution in [0.4, 0.5) is 4.39 Å². The summed E-state index contributed by atoms with van der Waals surface area (Å²) in [5.41, 5.74) is 0.567. The molecule has 1 unspecified atom stereocenters. The van der Waals surface area contributed by atoms with Crippen molar-refractivity contribution in [2.24, 2.45) is 5.92 Å². The summed E-state index contributed by atoms with van der Waals surface area (Å²) in [4.78, 5) is 0. The molecule has 0 spiro atoms. The fourth-order valence-electron chi connectivity index (χ4n) is 1.58. The van der Waals surface area contributed by atoms with Crippen molar-refractivity contribution in [1.29, 1.82) is 0 Å². The minimum absolute atomic E-state index is 0.249. The molecule has 0 aliphatic rings. The Labute approximate surface area is 98.4 Å². The van der Waals surface area contributed by atoms with Gasteiger partial charge >= 0.3 is 0 Å². The second-order valence-corrected chi connectivity index (χ2v) is 5.14. The molecular weight excluding hydrogens is 259 g/mol. The molecule has 1 aromatic carbocycles. The van der Waals surface area contributed by atoms with Gasteiger partial charge in [-0.1, -0.05) is 29.8 Å². The summed E-state index contributed by atoms with van der Waals surface area (Å²) in [5, 5.41) is 9.71. The van der Waals surface area contributed by atoms with Gasteiger partial charge in [0.15, 0.2) is 0 Å². The van der Waals surface area contributed by atoms with Crippen LogP contribution in [-0.2, 0) is 6.42 Å². The molecule has 1 atom stereocenters. The number of hydrogen-bond donors (Lipinski definition) is 1. The van der Waals surface area contributed by atoms with Crippen molar-refractivity contribution < 1.29 is 9.50 Å². The summed E-state index contributed by atoms with van der Waals surface area (Å²) in [5.74, 6) is 0.177. The third-order valence-corrected chi connectivity index (χ3v) is 2.70. The van der Waals surface area contributed by atoms with Crippen LogP contribution in [0.5, 0.6) is 0 Å². The van der Waals surface area contributed by atoms with E-state index in [2.05, 4.69) is 15.9 Å². The van der Waals surface area contributed by atoms with Crippen LogP contribution in [0.3, 0.4) is 0 Å². The minimum Gasteiger partial charge on any atom is -0.393 e. The lowest BCUT2D eigenvalue weighted by Crippen LogP contribution is -2.14. The summed E-state index contributed by atoms with van der Waals surface area (Å²) in [6.45, 7) is 4.08. The molecule has 1 rings (SSSR count). The van der Waals surface area contributed by atoms with Crippen LogP contribution in [0.2, 0.25) is 0 Å². The summed E-state index contributed by atoms with van der Waals surface area (Å²) in [6, 6.07) is 4.80. The van der Waals surface area contributed by atoms with Gasteiger partial charge in [-0.2, -0.15) is 0 Å². The zero-order chi connectivity index (χ0) is 11.4. The Bertz CT molecular complexity index is 325. The fraction of sp³-hybridized carbons (Fsp3) is 0.500. The van der Waals surface area contributed by atoms with E-state index in [1.165, 1.54) is 6.07 Å².